The summed E-state index contributed by atoms with van der Waals surface area (Å²) in [7, 11) is 0. The summed E-state index contributed by atoms with van der Waals surface area (Å²) < 4.78 is 0. The van der Waals surface area contributed by atoms with Crippen molar-refractivity contribution >= 4 is 34.4 Å². The Morgan fingerprint density at radius 3 is 3.00 bits per heavy atom. The summed E-state index contributed by atoms with van der Waals surface area (Å²) in [6.45, 7) is 2.01. The summed E-state index contributed by atoms with van der Waals surface area (Å²) in [5, 5.41) is 5.66. The Kier molecular flexibility index (Phi) is 3.86. The minimum Gasteiger partial charge on any atom is -0.307 e. The Morgan fingerprint density at radius 1 is 1.24 bits per heavy atom. The average Bonchev–Trinajstić information content (AvgIpc) is 2.96. The number of thiophene rings is 2. The van der Waals surface area contributed by atoms with Crippen molar-refractivity contribution in [2.75, 3.05) is 5.75 Å². The molecule has 0 amide bonds. The molecule has 0 fully saturated rings. The van der Waals surface area contributed by atoms with Crippen LogP contribution in [0.15, 0.2) is 23.6 Å². The molecule has 0 atom stereocenters. The van der Waals surface area contributed by atoms with Crippen molar-refractivity contribution in [1.29, 1.82) is 0 Å². The molecule has 0 saturated heterocycles. The van der Waals surface area contributed by atoms with E-state index in [1.54, 1.807) is 10.4 Å². The molecule has 0 unspecified atom stereocenters. The minimum atomic E-state index is 0.995. The van der Waals surface area contributed by atoms with Crippen molar-refractivity contribution in [3.8, 4) is 0 Å². The number of rotatable bonds is 4. The van der Waals surface area contributed by atoms with Crippen molar-refractivity contribution in [3.05, 3.63) is 43.8 Å². The Morgan fingerprint density at radius 2 is 2.18 bits per heavy atom. The zero-order valence-corrected chi connectivity index (χ0v) is 12.0. The van der Waals surface area contributed by atoms with Crippen LogP contribution >= 0.6 is 34.4 Å². The van der Waals surface area contributed by atoms with Crippen molar-refractivity contribution in [2.45, 2.75) is 25.3 Å². The normalized spacial score (nSPS) is 14.8. The van der Waals surface area contributed by atoms with E-state index in [4.69, 9.17) is 0 Å². The van der Waals surface area contributed by atoms with Gasteiger partial charge < -0.3 is 5.32 Å². The van der Waals surface area contributed by atoms with Crippen LogP contribution in [-0.2, 0) is 25.3 Å². The Labute approximate surface area is 114 Å². The molecule has 1 nitrogen and oxygen atoms in total. The van der Waals surface area contributed by atoms with E-state index < -0.39 is 0 Å². The lowest BCUT2D eigenvalue weighted by Crippen LogP contribution is -2.10. The number of hydrogen-bond donors (Lipinski definition) is 1. The van der Waals surface area contributed by atoms with Crippen LogP contribution in [-0.4, -0.2) is 5.75 Å². The lowest BCUT2D eigenvalue weighted by atomic mass is 10.2. The van der Waals surface area contributed by atoms with E-state index in [1.165, 1.54) is 27.7 Å². The van der Waals surface area contributed by atoms with Crippen LogP contribution in [0.2, 0.25) is 0 Å². The lowest BCUT2D eigenvalue weighted by Gasteiger charge is -2.08. The number of fused-ring (bicyclic) bond motifs is 1. The fourth-order valence-electron chi connectivity index (χ4n) is 2.02. The summed E-state index contributed by atoms with van der Waals surface area (Å²) in [6, 6.07) is 6.70. The van der Waals surface area contributed by atoms with Crippen LogP contribution in [0, 0.1) is 0 Å². The highest BCUT2D eigenvalue weighted by atomic mass is 32.2. The fourth-order valence-corrected chi connectivity index (χ4v) is 5.04. The van der Waals surface area contributed by atoms with Crippen molar-refractivity contribution in [2.24, 2.45) is 0 Å². The van der Waals surface area contributed by atoms with E-state index >= 15 is 0 Å². The van der Waals surface area contributed by atoms with Gasteiger partial charge in [-0.2, -0.15) is 11.8 Å². The van der Waals surface area contributed by atoms with Crippen LogP contribution in [0.25, 0.3) is 0 Å². The third-order valence-corrected chi connectivity index (χ3v) is 5.98. The molecule has 1 N–H and O–H groups in total. The Bertz CT molecular complexity index is 449. The van der Waals surface area contributed by atoms with E-state index in [0.29, 0.717) is 0 Å². The van der Waals surface area contributed by atoms with Gasteiger partial charge in [0, 0.05) is 33.5 Å². The van der Waals surface area contributed by atoms with Gasteiger partial charge in [-0.05, 0) is 35.2 Å². The van der Waals surface area contributed by atoms with E-state index in [9.17, 15) is 0 Å². The first-order valence-electron chi connectivity index (χ1n) is 5.83. The standard InChI is InChI=1S/C13H15NS3/c1-2-11(16-4-1)7-14-8-12-6-10-9-15-5-3-13(10)17-12/h1-2,4,6,14H,3,5,7-9H2. The molecule has 0 aromatic carbocycles. The molecule has 3 rings (SSSR count). The fraction of sp³-hybridized carbons (Fsp3) is 0.385. The highest BCUT2D eigenvalue weighted by Crippen LogP contribution is 2.31. The first-order valence-corrected chi connectivity index (χ1v) is 8.68. The summed E-state index contributed by atoms with van der Waals surface area (Å²) in [6.07, 6.45) is 1.27. The third-order valence-electron chi connectivity index (χ3n) is 2.86. The molecule has 2 aromatic heterocycles. The number of hydrogen-bond acceptors (Lipinski definition) is 4. The summed E-state index contributed by atoms with van der Waals surface area (Å²) in [5.41, 5.74) is 1.58. The minimum absolute atomic E-state index is 0.995. The third kappa shape index (κ3) is 2.94. The molecule has 0 aliphatic carbocycles. The van der Waals surface area contributed by atoms with Gasteiger partial charge in [0.25, 0.3) is 0 Å². The average molecular weight is 281 g/mol. The van der Waals surface area contributed by atoms with Crippen LogP contribution in [0.4, 0.5) is 0 Å². The first-order chi connectivity index (χ1) is 8.42. The highest BCUT2D eigenvalue weighted by Gasteiger charge is 2.13. The predicted octanol–water partition coefficient (Wildman–Crippen LogP) is 3.89. The molecule has 90 valence electrons. The highest BCUT2D eigenvalue weighted by molar-refractivity contribution is 7.98. The topological polar surface area (TPSA) is 12.0 Å². The maximum Gasteiger partial charge on any atom is 0.0303 e. The molecule has 3 heterocycles. The Balaban J connectivity index is 1.56. The van der Waals surface area contributed by atoms with Gasteiger partial charge in [0.2, 0.25) is 0 Å². The van der Waals surface area contributed by atoms with Gasteiger partial charge in [0.1, 0.15) is 0 Å². The van der Waals surface area contributed by atoms with Gasteiger partial charge >= 0.3 is 0 Å². The second kappa shape index (κ2) is 5.57. The number of thioether (sulfide) groups is 1. The predicted molar refractivity (Wildman–Crippen MR) is 79.0 cm³/mol. The summed E-state index contributed by atoms with van der Waals surface area (Å²) in [5.74, 6) is 2.52. The van der Waals surface area contributed by atoms with Gasteiger partial charge in [0.05, 0.1) is 0 Å². The van der Waals surface area contributed by atoms with E-state index in [0.717, 1.165) is 13.1 Å². The summed E-state index contributed by atoms with van der Waals surface area (Å²) in [4.78, 5) is 4.53. The van der Waals surface area contributed by atoms with Crippen LogP contribution in [0.3, 0.4) is 0 Å². The molecule has 0 spiro atoms. The van der Waals surface area contributed by atoms with Gasteiger partial charge in [0.15, 0.2) is 0 Å². The van der Waals surface area contributed by atoms with Gasteiger partial charge in [-0.1, -0.05) is 6.07 Å². The first kappa shape index (κ1) is 11.8. The van der Waals surface area contributed by atoms with Crippen molar-refractivity contribution in [1.82, 2.24) is 5.32 Å². The second-order valence-corrected chi connectivity index (χ2v) is 7.51. The number of nitrogens with one attached hydrogen (secondary N) is 1. The summed E-state index contributed by atoms with van der Waals surface area (Å²) >= 11 is 5.88. The largest absolute Gasteiger partial charge is 0.307 e. The zero-order valence-electron chi connectivity index (χ0n) is 9.57. The molecule has 17 heavy (non-hydrogen) atoms. The van der Waals surface area contributed by atoms with Gasteiger partial charge in [-0.25, -0.2) is 0 Å². The second-order valence-electron chi connectivity index (χ2n) is 4.15. The molecule has 1 aliphatic heterocycles. The lowest BCUT2D eigenvalue weighted by molar-refractivity contribution is 0.708. The quantitative estimate of drug-likeness (QED) is 0.912. The molecule has 0 bridgehead atoms. The molecule has 1 aliphatic rings. The smallest absolute Gasteiger partial charge is 0.0303 e. The molecule has 4 heteroatoms. The van der Waals surface area contributed by atoms with Crippen LogP contribution in [0.1, 0.15) is 20.2 Å². The molecular formula is C13H15NS3. The van der Waals surface area contributed by atoms with Crippen LogP contribution in [0.5, 0.6) is 0 Å². The van der Waals surface area contributed by atoms with Crippen molar-refractivity contribution < 1.29 is 0 Å². The van der Waals surface area contributed by atoms with Crippen molar-refractivity contribution in [3.63, 3.8) is 0 Å². The van der Waals surface area contributed by atoms with E-state index in [-0.39, 0.29) is 0 Å². The Hall–Kier alpha value is -0.290. The van der Waals surface area contributed by atoms with E-state index in [2.05, 4.69) is 40.7 Å². The zero-order chi connectivity index (χ0) is 11.5. The van der Waals surface area contributed by atoms with Gasteiger partial charge in [-0.15, -0.1) is 22.7 Å². The molecule has 0 saturated carbocycles. The SMILES string of the molecule is c1csc(CNCc2cc3c(s2)CCSC3)c1. The molecule has 2 aromatic rings. The van der Waals surface area contributed by atoms with Gasteiger partial charge in [-0.3, -0.25) is 0 Å². The maximum atomic E-state index is 3.53. The van der Waals surface area contributed by atoms with Crippen LogP contribution < -0.4 is 5.32 Å². The molecular weight excluding hydrogens is 266 g/mol. The monoisotopic (exact) mass is 281 g/mol. The molecule has 0 radical (unpaired) electrons. The van der Waals surface area contributed by atoms with E-state index in [1.807, 2.05) is 22.7 Å². The number of aryl methyl sites for hydroxylation is 1. The maximum absolute atomic E-state index is 3.53.